The van der Waals surface area contributed by atoms with Crippen molar-refractivity contribution in [3.05, 3.63) is 0 Å². The SMILES string of the molecule is CCC1C(CC)N1C. The Hall–Kier alpha value is -0.0400. The smallest absolute Gasteiger partial charge is 0.0249 e. The van der Waals surface area contributed by atoms with Gasteiger partial charge in [-0.25, -0.2) is 0 Å². The maximum absolute atomic E-state index is 2.44. The maximum Gasteiger partial charge on any atom is 0.0249 e. The van der Waals surface area contributed by atoms with Gasteiger partial charge in [-0.2, -0.15) is 0 Å². The third kappa shape index (κ3) is 0.752. The first-order valence-electron chi connectivity index (χ1n) is 3.53. The molecule has 0 aliphatic carbocycles. The average Bonchev–Trinajstić information content (AvgIpc) is 2.40. The first-order chi connectivity index (χ1) is 3.81. The van der Waals surface area contributed by atoms with Crippen molar-refractivity contribution in [2.45, 2.75) is 38.8 Å². The number of hydrogen-bond acceptors (Lipinski definition) is 1. The summed E-state index contributed by atoms with van der Waals surface area (Å²) in [6.07, 6.45) is 2.66. The summed E-state index contributed by atoms with van der Waals surface area (Å²) < 4.78 is 0. The van der Waals surface area contributed by atoms with E-state index in [1.165, 1.54) is 12.8 Å². The van der Waals surface area contributed by atoms with Crippen molar-refractivity contribution >= 4 is 0 Å². The van der Waals surface area contributed by atoms with Gasteiger partial charge >= 0.3 is 0 Å². The largest absolute Gasteiger partial charge is 0.297 e. The van der Waals surface area contributed by atoms with Crippen molar-refractivity contribution in [1.29, 1.82) is 0 Å². The molecule has 0 aromatic heterocycles. The van der Waals surface area contributed by atoms with Gasteiger partial charge in [-0.05, 0) is 19.9 Å². The zero-order valence-electron chi connectivity index (χ0n) is 6.02. The first kappa shape index (κ1) is 6.09. The summed E-state index contributed by atoms with van der Waals surface area (Å²) in [5.41, 5.74) is 0. The quantitative estimate of drug-likeness (QED) is 0.490. The summed E-state index contributed by atoms with van der Waals surface area (Å²) in [6.45, 7) is 4.52. The lowest BCUT2D eigenvalue weighted by Crippen LogP contribution is -1.89. The van der Waals surface area contributed by atoms with E-state index in [2.05, 4.69) is 25.8 Å². The standard InChI is InChI=1S/C7H15N/c1-4-6-7(5-2)8(6)3/h6-7H,4-5H2,1-3H3. The second-order valence-electron chi connectivity index (χ2n) is 2.62. The van der Waals surface area contributed by atoms with Gasteiger partial charge in [0.1, 0.15) is 0 Å². The van der Waals surface area contributed by atoms with Crippen LogP contribution in [0.1, 0.15) is 26.7 Å². The van der Waals surface area contributed by atoms with Crippen LogP contribution < -0.4 is 0 Å². The predicted octanol–water partition coefficient (Wildman–Crippen LogP) is 1.49. The van der Waals surface area contributed by atoms with Gasteiger partial charge in [-0.1, -0.05) is 13.8 Å². The van der Waals surface area contributed by atoms with E-state index in [1.807, 2.05) is 0 Å². The molecular weight excluding hydrogens is 98.1 g/mol. The molecule has 48 valence electrons. The summed E-state index contributed by atoms with van der Waals surface area (Å²) in [6, 6.07) is 1.83. The predicted molar refractivity (Wildman–Crippen MR) is 35.9 cm³/mol. The fourth-order valence-electron chi connectivity index (χ4n) is 1.59. The van der Waals surface area contributed by atoms with Crippen LogP contribution in [0.4, 0.5) is 0 Å². The molecule has 2 atom stereocenters. The van der Waals surface area contributed by atoms with Gasteiger partial charge in [0.25, 0.3) is 0 Å². The second kappa shape index (κ2) is 2.06. The van der Waals surface area contributed by atoms with Crippen LogP contribution in [0.15, 0.2) is 0 Å². The van der Waals surface area contributed by atoms with Gasteiger partial charge < -0.3 is 0 Å². The molecule has 1 nitrogen and oxygen atoms in total. The number of nitrogens with zero attached hydrogens (tertiary/aromatic N) is 1. The fraction of sp³-hybridized carbons (Fsp3) is 1.00. The van der Waals surface area contributed by atoms with Crippen molar-refractivity contribution in [3.63, 3.8) is 0 Å². The topological polar surface area (TPSA) is 3.01 Å². The van der Waals surface area contributed by atoms with Gasteiger partial charge in [0.15, 0.2) is 0 Å². The molecule has 1 heteroatoms. The lowest BCUT2D eigenvalue weighted by atomic mass is 10.2. The number of hydrogen-bond donors (Lipinski definition) is 0. The van der Waals surface area contributed by atoms with E-state index in [-0.39, 0.29) is 0 Å². The molecule has 8 heavy (non-hydrogen) atoms. The molecule has 1 fully saturated rings. The zero-order chi connectivity index (χ0) is 6.15. The highest BCUT2D eigenvalue weighted by Crippen LogP contribution is 2.30. The summed E-state index contributed by atoms with van der Waals surface area (Å²) in [5.74, 6) is 0. The number of likely N-dealkylation sites (N-methyl/N-ethyl adjacent to an activating group) is 1. The highest BCUT2D eigenvalue weighted by molar-refractivity contribution is 4.97. The van der Waals surface area contributed by atoms with Gasteiger partial charge in [0.2, 0.25) is 0 Å². The van der Waals surface area contributed by atoms with E-state index in [9.17, 15) is 0 Å². The van der Waals surface area contributed by atoms with Crippen molar-refractivity contribution in [2.75, 3.05) is 7.05 Å². The second-order valence-corrected chi connectivity index (χ2v) is 2.62. The van der Waals surface area contributed by atoms with Crippen molar-refractivity contribution in [1.82, 2.24) is 4.90 Å². The summed E-state index contributed by atoms with van der Waals surface area (Å²) in [4.78, 5) is 2.44. The molecule has 1 aliphatic heterocycles. The van der Waals surface area contributed by atoms with E-state index >= 15 is 0 Å². The van der Waals surface area contributed by atoms with Gasteiger partial charge in [-0.3, -0.25) is 4.90 Å². The average molecular weight is 113 g/mol. The molecule has 1 saturated heterocycles. The Morgan fingerprint density at radius 2 is 1.50 bits per heavy atom. The minimum atomic E-state index is 0.917. The highest BCUT2D eigenvalue weighted by atomic mass is 15.3. The maximum atomic E-state index is 2.44. The Bertz CT molecular complexity index is 70.5. The van der Waals surface area contributed by atoms with Crippen LogP contribution in [0.5, 0.6) is 0 Å². The summed E-state index contributed by atoms with van der Waals surface area (Å²) in [5, 5.41) is 0. The van der Waals surface area contributed by atoms with E-state index in [0.29, 0.717) is 0 Å². The van der Waals surface area contributed by atoms with Crippen LogP contribution in [-0.2, 0) is 0 Å². The van der Waals surface area contributed by atoms with Crippen molar-refractivity contribution in [2.24, 2.45) is 0 Å². The van der Waals surface area contributed by atoms with Crippen LogP contribution in [0.3, 0.4) is 0 Å². The Kier molecular flexibility index (Phi) is 1.57. The minimum Gasteiger partial charge on any atom is -0.297 e. The Balaban J connectivity index is 2.23. The molecule has 0 amide bonds. The van der Waals surface area contributed by atoms with E-state index < -0.39 is 0 Å². The van der Waals surface area contributed by atoms with Crippen molar-refractivity contribution in [3.8, 4) is 0 Å². The zero-order valence-corrected chi connectivity index (χ0v) is 6.02. The van der Waals surface area contributed by atoms with Gasteiger partial charge in [-0.15, -0.1) is 0 Å². The molecule has 1 aliphatic rings. The molecule has 0 bridgehead atoms. The lowest BCUT2D eigenvalue weighted by Gasteiger charge is -1.83. The molecular formula is C7H15N. The molecule has 0 aromatic carbocycles. The normalized spacial score (nSPS) is 44.6. The summed E-state index contributed by atoms with van der Waals surface area (Å²) >= 11 is 0. The Morgan fingerprint density at radius 1 is 1.12 bits per heavy atom. The highest BCUT2D eigenvalue weighted by Gasteiger charge is 2.40. The molecule has 0 N–H and O–H groups in total. The molecule has 0 spiro atoms. The molecule has 0 aromatic rings. The van der Waals surface area contributed by atoms with Gasteiger partial charge in [0, 0.05) is 12.1 Å². The van der Waals surface area contributed by atoms with E-state index in [1.54, 1.807) is 0 Å². The molecule has 1 heterocycles. The lowest BCUT2D eigenvalue weighted by molar-refractivity contribution is 0.568. The van der Waals surface area contributed by atoms with Gasteiger partial charge in [0.05, 0.1) is 0 Å². The first-order valence-corrected chi connectivity index (χ1v) is 3.53. The monoisotopic (exact) mass is 113 g/mol. The Labute approximate surface area is 51.7 Å². The number of rotatable bonds is 2. The molecule has 2 unspecified atom stereocenters. The van der Waals surface area contributed by atoms with Crippen LogP contribution in [0.25, 0.3) is 0 Å². The minimum absolute atomic E-state index is 0.917. The fourth-order valence-corrected chi connectivity index (χ4v) is 1.59. The van der Waals surface area contributed by atoms with Crippen LogP contribution in [-0.4, -0.2) is 24.0 Å². The van der Waals surface area contributed by atoms with Crippen LogP contribution in [0.2, 0.25) is 0 Å². The van der Waals surface area contributed by atoms with Crippen molar-refractivity contribution < 1.29 is 0 Å². The van der Waals surface area contributed by atoms with E-state index in [0.717, 1.165) is 12.1 Å². The Morgan fingerprint density at radius 3 is 1.62 bits per heavy atom. The van der Waals surface area contributed by atoms with Crippen LogP contribution in [0, 0.1) is 0 Å². The third-order valence-electron chi connectivity index (χ3n) is 2.24. The molecule has 0 radical (unpaired) electrons. The summed E-state index contributed by atoms with van der Waals surface area (Å²) in [7, 11) is 2.21. The van der Waals surface area contributed by atoms with Crippen LogP contribution >= 0.6 is 0 Å². The third-order valence-corrected chi connectivity index (χ3v) is 2.24. The molecule has 0 saturated carbocycles. The van der Waals surface area contributed by atoms with E-state index in [4.69, 9.17) is 0 Å². The molecule has 1 rings (SSSR count).